The number of anilines is 2. The van der Waals surface area contributed by atoms with Crippen molar-refractivity contribution in [1.82, 2.24) is 19.8 Å². The molecule has 0 aliphatic carbocycles. The molecule has 2 aromatic carbocycles. The Balaban J connectivity index is 0.979. The van der Waals surface area contributed by atoms with E-state index >= 15 is 0 Å². The number of aromatic nitrogens is 2. The summed E-state index contributed by atoms with van der Waals surface area (Å²) in [5, 5.41) is 6.56. The van der Waals surface area contributed by atoms with Crippen molar-refractivity contribution >= 4 is 113 Å². The standard InChI is InChI=1S/C34H30N6O4S6/c1-19-3-7-21(8-4-19)15-23-17-35-31(47-23)37-25(41)11-13-39-29(43)27(49-33(39)45)28-30(44)40(34(46)50-28)14-12-26(42)38-32-36-18-24(48-32)16-22-9-5-20(2)6-10-22/h3-10,17-18H,11-16H2,1-2H3,(H,35,37,41)(H,36,38,42)/b28-27+. The molecule has 10 nitrogen and oxygen atoms in total. The predicted octanol–water partition coefficient (Wildman–Crippen LogP) is 6.69. The zero-order chi connectivity index (χ0) is 35.4. The second-order valence-electron chi connectivity index (χ2n) is 11.5. The fourth-order valence-corrected chi connectivity index (χ4v) is 9.45. The van der Waals surface area contributed by atoms with Crippen molar-refractivity contribution in [2.45, 2.75) is 39.5 Å². The molecule has 2 aliphatic rings. The molecule has 0 atom stereocenters. The van der Waals surface area contributed by atoms with E-state index in [9.17, 15) is 19.2 Å². The number of aryl methyl sites for hydroxylation is 2. The van der Waals surface area contributed by atoms with Gasteiger partial charge in [0.15, 0.2) is 10.3 Å². The van der Waals surface area contributed by atoms with Gasteiger partial charge in [0.25, 0.3) is 11.8 Å². The van der Waals surface area contributed by atoms with Gasteiger partial charge in [0.1, 0.15) is 8.64 Å². The Kier molecular flexibility index (Phi) is 11.6. The molecule has 16 heteroatoms. The second-order valence-corrected chi connectivity index (χ2v) is 17.0. The lowest BCUT2D eigenvalue weighted by molar-refractivity contribution is -0.125. The third-order valence-corrected chi connectivity index (χ3v) is 12.5. The predicted molar refractivity (Wildman–Crippen MR) is 210 cm³/mol. The van der Waals surface area contributed by atoms with Gasteiger partial charge in [0.05, 0.1) is 9.81 Å². The van der Waals surface area contributed by atoms with Gasteiger partial charge in [-0.3, -0.25) is 29.0 Å². The number of hydrogen-bond donors (Lipinski definition) is 2. The van der Waals surface area contributed by atoms with Crippen LogP contribution in [0.3, 0.4) is 0 Å². The molecule has 6 rings (SSSR count). The number of thiazole rings is 2. The van der Waals surface area contributed by atoms with Crippen molar-refractivity contribution in [3.05, 3.63) is 103 Å². The molecule has 4 amide bonds. The summed E-state index contributed by atoms with van der Waals surface area (Å²) in [5.74, 6) is -1.52. The van der Waals surface area contributed by atoms with Gasteiger partial charge in [-0.25, -0.2) is 9.97 Å². The van der Waals surface area contributed by atoms with Crippen LogP contribution in [0, 0.1) is 13.8 Å². The van der Waals surface area contributed by atoms with Crippen molar-refractivity contribution in [3.8, 4) is 0 Å². The summed E-state index contributed by atoms with van der Waals surface area (Å²) in [5.41, 5.74) is 4.69. The average molecular weight is 779 g/mol. The van der Waals surface area contributed by atoms with Gasteiger partial charge in [0, 0.05) is 60.9 Å². The molecule has 4 aromatic rings. The molecule has 0 saturated carbocycles. The maximum absolute atomic E-state index is 13.4. The zero-order valence-corrected chi connectivity index (χ0v) is 31.8. The summed E-state index contributed by atoms with van der Waals surface area (Å²) in [6.45, 7) is 4.17. The second kappa shape index (κ2) is 16.0. The van der Waals surface area contributed by atoms with E-state index in [0.717, 1.165) is 44.4 Å². The molecular weight excluding hydrogens is 749 g/mol. The highest BCUT2D eigenvalue weighted by Gasteiger charge is 2.42. The Morgan fingerprint density at radius 3 is 1.42 bits per heavy atom. The van der Waals surface area contributed by atoms with Crippen LogP contribution in [0.2, 0.25) is 0 Å². The first-order chi connectivity index (χ1) is 24.0. The fraction of sp³-hybridized carbons (Fsp3) is 0.235. The summed E-state index contributed by atoms with van der Waals surface area (Å²) in [6, 6.07) is 16.5. The number of nitrogens with one attached hydrogen (secondary N) is 2. The first kappa shape index (κ1) is 36.0. The molecule has 2 fully saturated rings. The highest BCUT2D eigenvalue weighted by molar-refractivity contribution is 8.29. The number of benzene rings is 2. The number of amides is 4. The number of thiocarbonyl (C=S) groups is 2. The van der Waals surface area contributed by atoms with E-state index in [2.05, 4.69) is 69.1 Å². The van der Waals surface area contributed by atoms with Crippen LogP contribution in [0.5, 0.6) is 0 Å². The zero-order valence-electron chi connectivity index (χ0n) is 26.9. The third-order valence-electron chi connectivity index (χ3n) is 7.63. The number of carbonyl (C=O) groups is 4. The summed E-state index contributed by atoms with van der Waals surface area (Å²) < 4.78 is 0.504. The van der Waals surface area contributed by atoms with Gasteiger partial charge in [-0.15, -0.1) is 22.7 Å². The fourth-order valence-electron chi connectivity index (χ4n) is 4.95. The molecule has 2 saturated heterocycles. The minimum Gasteiger partial charge on any atom is -0.302 e. The van der Waals surface area contributed by atoms with E-state index in [-0.39, 0.29) is 56.2 Å². The minimum atomic E-state index is -0.453. The molecule has 2 aromatic heterocycles. The van der Waals surface area contributed by atoms with Gasteiger partial charge >= 0.3 is 0 Å². The van der Waals surface area contributed by atoms with Crippen LogP contribution in [0.4, 0.5) is 10.3 Å². The van der Waals surface area contributed by atoms with E-state index in [1.165, 1.54) is 43.6 Å². The summed E-state index contributed by atoms with van der Waals surface area (Å²) in [7, 11) is 0. The molecule has 256 valence electrons. The van der Waals surface area contributed by atoms with Gasteiger partial charge < -0.3 is 10.6 Å². The molecule has 2 aliphatic heterocycles. The Hall–Kier alpha value is -3.80. The Morgan fingerprint density at radius 2 is 1.04 bits per heavy atom. The molecule has 2 N–H and O–H groups in total. The smallest absolute Gasteiger partial charge is 0.267 e. The quantitative estimate of drug-likeness (QED) is 0.119. The Bertz CT molecular complexity index is 1880. The molecule has 0 radical (unpaired) electrons. The number of nitrogens with zero attached hydrogens (tertiary/aromatic N) is 4. The number of rotatable bonds is 12. The monoisotopic (exact) mass is 778 g/mol. The SMILES string of the molecule is Cc1ccc(Cc2cnc(NC(=O)CCN3C(=O)/C(=C4\SC(=S)N(CCC(=O)Nc5ncc(Cc6ccc(C)cc6)s5)C4=O)SC3=S)s2)cc1. The van der Waals surface area contributed by atoms with Crippen molar-refractivity contribution in [1.29, 1.82) is 0 Å². The lowest BCUT2D eigenvalue weighted by atomic mass is 10.1. The van der Waals surface area contributed by atoms with Crippen LogP contribution in [0.15, 0.2) is 70.7 Å². The Labute approximate surface area is 316 Å². The molecule has 0 bridgehead atoms. The normalized spacial score (nSPS) is 16.1. The summed E-state index contributed by atoms with van der Waals surface area (Å²) >= 11 is 15.7. The number of hydrogen-bond acceptors (Lipinski definition) is 12. The third kappa shape index (κ3) is 8.91. The average Bonchev–Trinajstić information content (AvgIpc) is 3.85. The lowest BCUT2D eigenvalue weighted by Crippen LogP contribution is -2.33. The van der Waals surface area contributed by atoms with Crippen molar-refractivity contribution in [2.24, 2.45) is 0 Å². The molecular formula is C34H30N6O4S6. The largest absolute Gasteiger partial charge is 0.302 e. The van der Waals surface area contributed by atoms with Crippen molar-refractivity contribution in [2.75, 3.05) is 23.7 Å². The van der Waals surface area contributed by atoms with Gasteiger partial charge in [-0.1, -0.05) is 108 Å². The van der Waals surface area contributed by atoms with Crippen LogP contribution in [-0.2, 0) is 32.0 Å². The van der Waals surface area contributed by atoms with Gasteiger partial charge in [-0.05, 0) is 25.0 Å². The first-order valence-electron chi connectivity index (χ1n) is 15.4. The van der Waals surface area contributed by atoms with Crippen LogP contribution in [0.1, 0.15) is 44.8 Å². The van der Waals surface area contributed by atoms with Crippen LogP contribution in [0.25, 0.3) is 0 Å². The number of thioether (sulfide) groups is 2. The van der Waals surface area contributed by atoms with Crippen molar-refractivity contribution in [3.63, 3.8) is 0 Å². The van der Waals surface area contributed by atoms with E-state index < -0.39 is 11.8 Å². The molecule has 0 spiro atoms. The molecule has 4 heterocycles. The van der Waals surface area contributed by atoms with E-state index in [4.69, 9.17) is 24.4 Å². The van der Waals surface area contributed by atoms with Gasteiger partial charge in [-0.2, -0.15) is 0 Å². The van der Waals surface area contributed by atoms with Crippen molar-refractivity contribution < 1.29 is 19.2 Å². The van der Waals surface area contributed by atoms with E-state index in [1.54, 1.807) is 12.4 Å². The maximum Gasteiger partial charge on any atom is 0.267 e. The van der Waals surface area contributed by atoms with Crippen LogP contribution >= 0.6 is 70.6 Å². The highest BCUT2D eigenvalue weighted by Crippen LogP contribution is 2.42. The topological polar surface area (TPSA) is 125 Å². The van der Waals surface area contributed by atoms with Gasteiger partial charge in [0.2, 0.25) is 11.8 Å². The van der Waals surface area contributed by atoms with E-state index in [0.29, 0.717) is 23.1 Å². The molecule has 50 heavy (non-hydrogen) atoms. The van der Waals surface area contributed by atoms with Crippen LogP contribution < -0.4 is 10.6 Å². The highest BCUT2D eigenvalue weighted by atomic mass is 32.2. The molecule has 0 unspecified atom stereocenters. The summed E-state index contributed by atoms with van der Waals surface area (Å²) in [6.07, 6.45) is 4.91. The van der Waals surface area contributed by atoms with E-state index in [1.807, 2.05) is 13.8 Å². The summed E-state index contributed by atoms with van der Waals surface area (Å²) in [4.78, 5) is 65.8. The lowest BCUT2D eigenvalue weighted by Gasteiger charge is -2.14. The first-order valence-corrected chi connectivity index (χ1v) is 19.5. The Morgan fingerprint density at radius 1 is 0.660 bits per heavy atom. The maximum atomic E-state index is 13.4. The van der Waals surface area contributed by atoms with Crippen LogP contribution in [-0.4, -0.2) is 65.1 Å². The number of carbonyl (C=O) groups excluding carboxylic acids is 4. The minimum absolute atomic E-state index is 0.00475.